The van der Waals surface area contributed by atoms with Gasteiger partial charge in [0.15, 0.2) is 0 Å². The highest BCUT2D eigenvalue weighted by Gasteiger charge is 2.12. The van der Waals surface area contributed by atoms with Crippen LogP contribution in [0.25, 0.3) is 0 Å². The lowest BCUT2D eigenvalue weighted by Gasteiger charge is -2.24. The molecule has 0 bridgehead atoms. The molecule has 1 heteroatoms. The van der Waals surface area contributed by atoms with E-state index in [9.17, 15) is 0 Å². The van der Waals surface area contributed by atoms with Crippen molar-refractivity contribution in [2.75, 3.05) is 6.54 Å². The fourth-order valence-electron chi connectivity index (χ4n) is 1.80. The minimum absolute atomic E-state index is 0.267. The zero-order valence-corrected chi connectivity index (χ0v) is 11.7. The van der Waals surface area contributed by atoms with Gasteiger partial charge in [0.25, 0.3) is 0 Å². The molecule has 0 radical (unpaired) electrons. The summed E-state index contributed by atoms with van der Waals surface area (Å²) >= 11 is 0. The topological polar surface area (TPSA) is 12.0 Å². The normalized spacial score (nSPS) is 14.6. The Hall–Kier alpha value is -0.0400. The summed E-state index contributed by atoms with van der Waals surface area (Å²) < 4.78 is 0. The molecule has 0 aliphatic carbocycles. The highest BCUT2D eigenvalue weighted by molar-refractivity contribution is 4.72. The lowest BCUT2D eigenvalue weighted by molar-refractivity contribution is 0.341. The average Bonchev–Trinajstić information content (AvgIpc) is 2.15. The van der Waals surface area contributed by atoms with Gasteiger partial charge in [0.1, 0.15) is 0 Å². The maximum absolute atomic E-state index is 3.58. The predicted octanol–water partition coefficient (Wildman–Crippen LogP) is 4.23. The highest BCUT2D eigenvalue weighted by Crippen LogP contribution is 2.18. The van der Waals surface area contributed by atoms with Crippen molar-refractivity contribution in [1.29, 1.82) is 0 Å². The van der Waals surface area contributed by atoms with Gasteiger partial charge in [-0.15, -0.1) is 0 Å². The number of rotatable bonds is 7. The standard InChI is InChI=1S/C14H31N/c1-7-13(8-2)10-9-12(3)11-15-14(4,5)6/h12-13,15H,7-11H2,1-6H3. The third-order valence-electron chi connectivity index (χ3n) is 3.20. The summed E-state index contributed by atoms with van der Waals surface area (Å²) in [4.78, 5) is 0. The van der Waals surface area contributed by atoms with Crippen LogP contribution in [0.4, 0.5) is 0 Å². The maximum atomic E-state index is 3.58. The van der Waals surface area contributed by atoms with Gasteiger partial charge < -0.3 is 5.32 Å². The van der Waals surface area contributed by atoms with Gasteiger partial charge in [0.05, 0.1) is 0 Å². The van der Waals surface area contributed by atoms with Crippen LogP contribution < -0.4 is 5.32 Å². The first-order valence-corrected chi connectivity index (χ1v) is 6.64. The maximum Gasteiger partial charge on any atom is 0.00966 e. The molecule has 0 rings (SSSR count). The molecule has 0 aromatic rings. The molecule has 0 aromatic heterocycles. The predicted molar refractivity (Wildman–Crippen MR) is 70.2 cm³/mol. The lowest BCUT2D eigenvalue weighted by atomic mass is 9.92. The first-order chi connectivity index (χ1) is 6.89. The van der Waals surface area contributed by atoms with E-state index in [1.165, 1.54) is 25.7 Å². The summed E-state index contributed by atoms with van der Waals surface area (Å²) in [6.07, 6.45) is 5.46. The summed E-state index contributed by atoms with van der Waals surface area (Å²) in [5, 5.41) is 3.58. The Kier molecular flexibility index (Phi) is 7.25. The van der Waals surface area contributed by atoms with Gasteiger partial charge in [0, 0.05) is 5.54 Å². The summed E-state index contributed by atoms with van der Waals surface area (Å²) in [6.45, 7) is 14.9. The molecule has 0 aliphatic rings. The fraction of sp³-hybridized carbons (Fsp3) is 1.00. The molecule has 0 spiro atoms. The van der Waals surface area contributed by atoms with Crippen molar-refractivity contribution in [3.05, 3.63) is 0 Å². The van der Waals surface area contributed by atoms with E-state index in [1.54, 1.807) is 0 Å². The van der Waals surface area contributed by atoms with Gasteiger partial charge in [-0.2, -0.15) is 0 Å². The van der Waals surface area contributed by atoms with Gasteiger partial charge >= 0.3 is 0 Å². The molecule has 92 valence electrons. The fourth-order valence-corrected chi connectivity index (χ4v) is 1.80. The van der Waals surface area contributed by atoms with E-state index < -0.39 is 0 Å². The second kappa shape index (κ2) is 7.27. The first-order valence-electron chi connectivity index (χ1n) is 6.64. The van der Waals surface area contributed by atoms with Gasteiger partial charge in [-0.05, 0) is 45.6 Å². The second-order valence-corrected chi connectivity index (χ2v) is 6.00. The molecule has 0 saturated heterocycles. The van der Waals surface area contributed by atoms with E-state index in [0.717, 1.165) is 18.4 Å². The van der Waals surface area contributed by atoms with Crippen molar-refractivity contribution >= 4 is 0 Å². The van der Waals surface area contributed by atoms with Crippen LogP contribution in [0.15, 0.2) is 0 Å². The first kappa shape index (κ1) is 15.0. The Morgan fingerprint density at radius 3 is 1.93 bits per heavy atom. The molecule has 1 unspecified atom stereocenters. The Morgan fingerprint density at radius 2 is 1.53 bits per heavy atom. The third kappa shape index (κ3) is 8.92. The van der Waals surface area contributed by atoms with Crippen molar-refractivity contribution in [2.45, 2.75) is 72.8 Å². The smallest absolute Gasteiger partial charge is 0.00966 e. The largest absolute Gasteiger partial charge is 0.312 e. The van der Waals surface area contributed by atoms with Crippen molar-refractivity contribution in [3.8, 4) is 0 Å². The summed E-state index contributed by atoms with van der Waals surface area (Å²) in [5.41, 5.74) is 0.267. The molecule has 0 heterocycles. The number of hydrogen-bond acceptors (Lipinski definition) is 1. The summed E-state index contributed by atoms with van der Waals surface area (Å²) in [7, 11) is 0. The van der Waals surface area contributed by atoms with E-state index in [4.69, 9.17) is 0 Å². The molecular weight excluding hydrogens is 182 g/mol. The number of nitrogens with one attached hydrogen (secondary N) is 1. The minimum Gasteiger partial charge on any atom is -0.312 e. The Morgan fingerprint density at radius 1 is 1.00 bits per heavy atom. The molecule has 1 atom stereocenters. The molecule has 1 nitrogen and oxygen atoms in total. The molecule has 0 amide bonds. The van der Waals surface area contributed by atoms with Gasteiger partial charge in [-0.3, -0.25) is 0 Å². The van der Waals surface area contributed by atoms with E-state index in [-0.39, 0.29) is 5.54 Å². The van der Waals surface area contributed by atoms with Gasteiger partial charge in [-0.25, -0.2) is 0 Å². The molecule has 0 aliphatic heterocycles. The van der Waals surface area contributed by atoms with Crippen molar-refractivity contribution < 1.29 is 0 Å². The van der Waals surface area contributed by atoms with Crippen LogP contribution in [-0.2, 0) is 0 Å². The van der Waals surface area contributed by atoms with Crippen LogP contribution in [0.3, 0.4) is 0 Å². The van der Waals surface area contributed by atoms with Crippen LogP contribution in [0.2, 0.25) is 0 Å². The van der Waals surface area contributed by atoms with Crippen LogP contribution in [0.1, 0.15) is 67.2 Å². The molecule has 0 saturated carbocycles. The Labute approximate surface area is 97.0 Å². The monoisotopic (exact) mass is 213 g/mol. The van der Waals surface area contributed by atoms with Crippen LogP contribution >= 0.6 is 0 Å². The Bertz CT molecular complexity index is 142. The van der Waals surface area contributed by atoms with E-state index in [1.807, 2.05) is 0 Å². The molecule has 0 aromatic carbocycles. The lowest BCUT2D eigenvalue weighted by Crippen LogP contribution is -2.38. The summed E-state index contributed by atoms with van der Waals surface area (Å²) in [5.74, 6) is 1.76. The molecular formula is C14H31N. The molecule has 15 heavy (non-hydrogen) atoms. The van der Waals surface area contributed by atoms with Gasteiger partial charge in [0.2, 0.25) is 0 Å². The van der Waals surface area contributed by atoms with E-state index >= 15 is 0 Å². The molecule has 0 fully saturated rings. The average molecular weight is 213 g/mol. The van der Waals surface area contributed by atoms with Crippen molar-refractivity contribution in [1.82, 2.24) is 5.32 Å². The van der Waals surface area contributed by atoms with Crippen LogP contribution in [-0.4, -0.2) is 12.1 Å². The highest BCUT2D eigenvalue weighted by atomic mass is 14.9. The number of hydrogen-bond donors (Lipinski definition) is 1. The second-order valence-electron chi connectivity index (χ2n) is 6.00. The van der Waals surface area contributed by atoms with Crippen LogP contribution in [0, 0.1) is 11.8 Å². The zero-order chi connectivity index (χ0) is 11.9. The van der Waals surface area contributed by atoms with Crippen molar-refractivity contribution in [3.63, 3.8) is 0 Å². The molecule has 1 N–H and O–H groups in total. The van der Waals surface area contributed by atoms with Gasteiger partial charge in [-0.1, -0.05) is 40.0 Å². The zero-order valence-electron chi connectivity index (χ0n) is 11.7. The quantitative estimate of drug-likeness (QED) is 0.667. The van der Waals surface area contributed by atoms with E-state index in [2.05, 4.69) is 46.9 Å². The summed E-state index contributed by atoms with van der Waals surface area (Å²) in [6, 6.07) is 0. The van der Waals surface area contributed by atoms with E-state index in [0.29, 0.717) is 0 Å². The Balaban J connectivity index is 3.61. The van der Waals surface area contributed by atoms with Crippen LogP contribution in [0.5, 0.6) is 0 Å². The third-order valence-corrected chi connectivity index (χ3v) is 3.20. The minimum atomic E-state index is 0.267. The van der Waals surface area contributed by atoms with Crippen molar-refractivity contribution in [2.24, 2.45) is 11.8 Å². The SMILES string of the molecule is CCC(CC)CCC(C)CNC(C)(C)C.